The Morgan fingerprint density at radius 1 is 0.492 bits per heavy atom. The number of nitrogens with zero attached hydrogens (tertiary/aromatic N) is 1. The third-order valence-electron chi connectivity index (χ3n) is 11.2. The lowest BCUT2D eigenvalue weighted by Crippen LogP contribution is -2.50. The summed E-state index contributed by atoms with van der Waals surface area (Å²) in [6, 6.07) is -0.618. The molecule has 0 aromatic carbocycles. The first-order valence-corrected chi connectivity index (χ1v) is 25.2. The summed E-state index contributed by atoms with van der Waals surface area (Å²) in [4.78, 5) is 37.1. The van der Waals surface area contributed by atoms with Crippen LogP contribution in [0.2, 0.25) is 0 Å². The molecule has 0 aromatic rings. The fraction of sp³-hybridized carbons (Fsp3) is 0.792. The van der Waals surface area contributed by atoms with E-state index in [1.165, 1.54) is 128 Å². The maximum absolute atomic E-state index is 12.8. The van der Waals surface area contributed by atoms with Crippen LogP contribution in [0.25, 0.3) is 0 Å². The summed E-state index contributed by atoms with van der Waals surface area (Å²) >= 11 is 0. The summed E-state index contributed by atoms with van der Waals surface area (Å²) in [6.07, 6.45) is 52.9. The third kappa shape index (κ3) is 42.4. The van der Waals surface area contributed by atoms with Gasteiger partial charge in [0, 0.05) is 19.3 Å². The van der Waals surface area contributed by atoms with Gasteiger partial charge in [0.05, 0.1) is 34.4 Å². The molecule has 2 unspecified atom stereocenters. The number of likely N-dealkylation sites (N-methyl/N-ethyl adjacent to an activating group) is 1. The van der Waals surface area contributed by atoms with Crippen LogP contribution in [0.1, 0.15) is 219 Å². The summed E-state index contributed by atoms with van der Waals surface area (Å²) in [7, 11) is 5.53. The predicted molar refractivity (Wildman–Crippen MR) is 257 cm³/mol. The molecule has 0 bridgehead atoms. The number of esters is 2. The van der Waals surface area contributed by atoms with Gasteiger partial charge in [-0.05, 0) is 77.0 Å². The van der Waals surface area contributed by atoms with Gasteiger partial charge in [-0.3, -0.25) is 9.59 Å². The molecule has 0 spiro atoms. The first-order valence-electron chi connectivity index (χ1n) is 25.2. The zero-order valence-corrected chi connectivity index (χ0v) is 40.4. The number of unbranched alkanes of at least 4 members (excludes halogenated alkanes) is 23. The van der Waals surface area contributed by atoms with Crippen molar-refractivity contribution >= 4 is 17.9 Å². The highest BCUT2D eigenvalue weighted by atomic mass is 16.6. The van der Waals surface area contributed by atoms with Gasteiger partial charge < -0.3 is 23.8 Å². The average molecular weight is 859 g/mol. The molecule has 0 aliphatic rings. The van der Waals surface area contributed by atoms with Crippen LogP contribution in [0.3, 0.4) is 0 Å². The smallest absolute Gasteiger partial charge is 0.362 e. The predicted octanol–water partition coefficient (Wildman–Crippen LogP) is 14.4. The molecule has 0 saturated heterocycles. The minimum atomic E-state index is -0.876. The molecular formula is C53H96NO7+. The van der Waals surface area contributed by atoms with E-state index in [4.69, 9.17) is 14.2 Å². The number of rotatable bonds is 45. The van der Waals surface area contributed by atoms with Crippen LogP contribution in [0.5, 0.6) is 0 Å². The van der Waals surface area contributed by atoms with E-state index in [1.54, 1.807) is 0 Å². The summed E-state index contributed by atoms with van der Waals surface area (Å²) in [6.45, 7) is 4.70. The Kier molecular flexibility index (Phi) is 42.0. The first kappa shape index (κ1) is 58.3. The minimum Gasteiger partial charge on any atom is -0.477 e. The summed E-state index contributed by atoms with van der Waals surface area (Å²) in [5.41, 5.74) is 0. The van der Waals surface area contributed by atoms with Crippen LogP contribution in [-0.4, -0.2) is 80.6 Å². The van der Waals surface area contributed by atoms with E-state index in [-0.39, 0.29) is 36.2 Å². The zero-order valence-electron chi connectivity index (χ0n) is 40.4. The largest absolute Gasteiger partial charge is 0.477 e. The van der Waals surface area contributed by atoms with Crippen LogP contribution in [0.4, 0.5) is 0 Å². The van der Waals surface area contributed by atoms with E-state index in [1.807, 2.05) is 21.1 Å². The number of carboxylic acid groups (broad SMARTS) is 1. The SMILES string of the molecule is CCCCC/C=C\C/C=C\CCCCCCCCCCCC(=O)OC(COCCC(C(=O)O)[N+](C)(C)C)COC(=O)CCCCCCCCC/C=C\C/C=C\CCCCCC. The molecule has 0 heterocycles. The topological polar surface area (TPSA) is 99.1 Å². The van der Waals surface area contributed by atoms with Gasteiger partial charge in [-0.2, -0.15) is 0 Å². The van der Waals surface area contributed by atoms with Gasteiger partial charge in [-0.15, -0.1) is 0 Å². The maximum Gasteiger partial charge on any atom is 0.362 e. The Morgan fingerprint density at radius 3 is 1.30 bits per heavy atom. The van der Waals surface area contributed by atoms with E-state index in [0.29, 0.717) is 19.3 Å². The molecule has 0 aliphatic heterocycles. The molecule has 1 N–H and O–H groups in total. The van der Waals surface area contributed by atoms with Gasteiger partial charge in [-0.25, -0.2) is 4.79 Å². The Hall–Kier alpha value is -2.71. The van der Waals surface area contributed by atoms with Crippen molar-refractivity contribution in [2.24, 2.45) is 0 Å². The van der Waals surface area contributed by atoms with Crippen molar-refractivity contribution in [2.75, 3.05) is 41.0 Å². The molecule has 61 heavy (non-hydrogen) atoms. The number of carboxylic acids is 1. The monoisotopic (exact) mass is 859 g/mol. The quantitative estimate of drug-likeness (QED) is 0.0282. The van der Waals surface area contributed by atoms with Crippen LogP contribution in [0, 0.1) is 0 Å². The fourth-order valence-corrected chi connectivity index (χ4v) is 7.27. The van der Waals surface area contributed by atoms with Gasteiger partial charge in [0.25, 0.3) is 0 Å². The van der Waals surface area contributed by atoms with Crippen LogP contribution >= 0.6 is 0 Å². The van der Waals surface area contributed by atoms with Crippen molar-refractivity contribution in [3.63, 3.8) is 0 Å². The molecule has 0 saturated carbocycles. The van der Waals surface area contributed by atoms with E-state index in [0.717, 1.165) is 57.8 Å². The number of carbonyl (C=O) groups excluding carboxylic acids is 2. The Bertz CT molecular complexity index is 1140. The normalized spacial score (nSPS) is 13.3. The lowest BCUT2D eigenvalue weighted by atomic mass is 10.1. The standard InChI is InChI=1S/C53H95NO7/c1-6-8-10-12-14-16-18-20-22-24-26-28-30-32-34-36-38-40-42-44-52(56)61-49(47-59-46-45-50(53(57)58)54(3,4)5)48-60-51(55)43-41-39-37-35-33-31-29-27-25-23-21-19-17-15-13-11-9-7-2/h14,16-17,19-20,22-23,25,49-50H,6-13,15,18,21,24,26-48H2,1-5H3/p+1/b16-14-,19-17-,22-20-,25-23-. The third-order valence-corrected chi connectivity index (χ3v) is 11.2. The zero-order chi connectivity index (χ0) is 44.9. The van der Waals surface area contributed by atoms with E-state index >= 15 is 0 Å². The number of carbonyl (C=O) groups is 3. The highest BCUT2D eigenvalue weighted by Gasteiger charge is 2.31. The molecular weight excluding hydrogens is 763 g/mol. The number of aliphatic carboxylic acids is 1. The van der Waals surface area contributed by atoms with Gasteiger partial charge in [0.2, 0.25) is 0 Å². The average Bonchev–Trinajstić information content (AvgIpc) is 3.22. The molecule has 8 heteroatoms. The molecule has 0 rings (SSSR count). The number of quaternary nitrogens is 1. The molecule has 0 amide bonds. The molecule has 354 valence electrons. The van der Waals surface area contributed by atoms with Gasteiger partial charge >= 0.3 is 17.9 Å². The number of hydrogen-bond acceptors (Lipinski definition) is 6. The number of hydrogen-bond donors (Lipinski definition) is 1. The molecule has 0 aromatic heterocycles. The van der Waals surface area contributed by atoms with E-state index < -0.39 is 18.1 Å². The number of allylic oxidation sites excluding steroid dienone is 8. The van der Waals surface area contributed by atoms with Crippen molar-refractivity contribution in [1.82, 2.24) is 0 Å². The van der Waals surface area contributed by atoms with Crippen molar-refractivity contribution < 1.29 is 38.2 Å². The second-order valence-corrected chi connectivity index (χ2v) is 18.1. The second-order valence-electron chi connectivity index (χ2n) is 18.1. The Labute approximate surface area is 376 Å². The van der Waals surface area contributed by atoms with Crippen LogP contribution in [-0.2, 0) is 28.6 Å². The van der Waals surface area contributed by atoms with Crippen LogP contribution < -0.4 is 0 Å². The summed E-state index contributed by atoms with van der Waals surface area (Å²) in [5, 5.41) is 9.65. The van der Waals surface area contributed by atoms with Gasteiger partial charge in [-0.1, -0.05) is 172 Å². The van der Waals surface area contributed by atoms with E-state index in [2.05, 4.69) is 62.5 Å². The molecule has 0 fully saturated rings. The Morgan fingerprint density at radius 2 is 0.869 bits per heavy atom. The van der Waals surface area contributed by atoms with Crippen molar-refractivity contribution in [2.45, 2.75) is 231 Å². The summed E-state index contributed by atoms with van der Waals surface area (Å²) < 4.78 is 17.3. The first-order chi connectivity index (χ1) is 29.6. The van der Waals surface area contributed by atoms with Crippen LogP contribution in [0.15, 0.2) is 48.6 Å². The Balaban J connectivity index is 4.28. The maximum atomic E-state index is 12.8. The van der Waals surface area contributed by atoms with Crippen molar-refractivity contribution in [3.05, 3.63) is 48.6 Å². The van der Waals surface area contributed by atoms with Gasteiger partial charge in [0.1, 0.15) is 6.61 Å². The van der Waals surface area contributed by atoms with E-state index in [9.17, 15) is 19.5 Å². The molecule has 0 radical (unpaired) electrons. The van der Waals surface area contributed by atoms with Crippen molar-refractivity contribution in [3.8, 4) is 0 Å². The second kappa shape index (κ2) is 43.9. The summed E-state index contributed by atoms with van der Waals surface area (Å²) in [5.74, 6) is -1.48. The molecule has 2 atom stereocenters. The lowest BCUT2D eigenvalue weighted by Gasteiger charge is -2.31. The lowest BCUT2D eigenvalue weighted by molar-refractivity contribution is -0.887. The molecule has 8 nitrogen and oxygen atoms in total. The minimum absolute atomic E-state index is 0.0567. The molecule has 0 aliphatic carbocycles. The van der Waals surface area contributed by atoms with Gasteiger partial charge in [0.15, 0.2) is 12.1 Å². The van der Waals surface area contributed by atoms with Crippen molar-refractivity contribution in [1.29, 1.82) is 0 Å². The fourth-order valence-electron chi connectivity index (χ4n) is 7.27. The highest BCUT2D eigenvalue weighted by Crippen LogP contribution is 2.15. The highest BCUT2D eigenvalue weighted by molar-refractivity contribution is 5.72. The number of ether oxygens (including phenoxy) is 3.